The molecule has 18 heavy (non-hydrogen) atoms. The largest absolute Gasteiger partial charge is 0.494 e. The first-order valence-electron chi connectivity index (χ1n) is 5.46. The molecule has 1 aromatic rings. The zero-order chi connectivity index (χ0) is 13.5. The summed E-state index contributed by atoms with van der Waals surface area (Å²) in [5.74, 6) is -0.0699. The minimum absolute atomic E-state index is 0.312. The number of rotatable bonds is 6. The summed E-state index contributed by atoms with van der Waals surface area (Å²) in [7, 11) is 1.50. The van der Waals surface area contributed by atoms with Crippen molar-refractivity contribution in [1.82, 2.24) is 0 Å². The normalized spacial score (nSPS) is 10.6. The number of hydrogen-bond acceptors (Lipinski definition) is 5. The Balaban J connectivity index is 2.96. The van der Waals surface area contributed by atoms with E-state index in [0.29, 0.717) is 35.8 Å². The lowest BCUT2D eigenvalue weighted by molar-refractivity contribution is 0.1000. The van der Waals surface area contributed by atoms with E-state index in [1.165, 1.54) is 13.2 Å². The Morgan fingerprint density at radius 3 is 2.72 bits per heavy atom. The molecule has 0 aliphatic rings. The Morgan fingerprint density at radius 2 is 2.17 bits per heavy atom. The Labute approximate surface area is 106 Å². The SMILES string of the molecule is COc1cc(C(N)=O)cc(N)c1NC/C=C/CN. The third-order valence-corrected chi connectivity index (χ3v) is 2.34. The average molecular weight is 250 g/mol. The van der Waals surface area contributed by atoms with E-state index in [1.54, 1.807) is 6.07 Å². The van der Waals surface area contributed by atoms with Crippen molar-refractivity contribution in [3.8, 4) is 5.75 Å². The molecule has 0 spiro atoms. The maximum Gasteiger partial charge on any atom is 0.248 e. The number of carbonyl (C=O) groups is 1. The number of nitrogens with one attached hydrogen (secondary N) is 1. The van der Waals surface area contributed by atoms with Crippen molar-refractivity contribution in [2.45, 2.75) is 0 Å². The maximum atomic E-state index is 11.1. The third kappa shape index (κ3) is 3.39. The Morgan fingerprint density at radius 1 is 1.44 bits per heavy atom. The molecule has 6 heteroatoms. The molecule has 1 rings (SSSR count). The van der Waals surface area contributed by atoms with Crippen LogP contribution in [0.5, 0.6) is 5.75 Å². The lowest BCUT2D eigenvalue weighted by Crippen LogP contribution is -2.13. The van der Waals surface area contributed by atoms with Crippen molar-refractivity contribution >= 4 is 17.3 Å². The summed E-state index contributed by atoms with van der Waals surface area (Å²) < 4.78 is 5.17. The fourth-order valence-electron chi connectivity index (χ4n) is 1.47. The van der Waals surface area contributed by atoms with E-state index in [0.717, 1.165) is 0 Å². The Bertz CT molecular complexity index is 458. The summed E-state index contributed by atoms with van der Waals surface area (Å²) >= 11 is 0. The highest BCUT2D eigenvalue weighted by Gasteiger charge is 2.11. The molecule has 0 saturated carbocycles. The molecule has 0 aliphatic carbocycles. The fourth-order valence-corrected chi connectivity index (χ4v) is 1.47. The lowest BCUT2D eigenvalue weighted by Gasteiger charge is -2.13. The standard InChI is InChI=1S/C12H18N4O2/c1-18-10-7-8(12(15)17)6-9(14)11(10)16-5-3-2-4-13/h2-3,6-7,16H,4-5,13-14H2,1H3,(H2,15,17)/b3-2+. The van der Waals surface area contributed by atoms with Crippen LogP contribution >= 0.6 is 0 Å². The molecule has 0 radical (unpaired) electrons. The quantitative estimate of drug-likeness (QED) is 0.428. The van der Waals surface area contributed by atoms with Crippen molar-refractivity contribution in [3.05, 3.63) is 29.8 Å². The molecule has 6 nitrogen and oxygen atoms in total. The van der Waals surface area contributed by atoms with Crippen LogP contribution in [0.3, 0.4) is 0 Å². The molecule has 1 amide bonds. The van der Waals surface area contributed by atoms with Crippen molar-refractivity contribution in [3.63, 3.8) is 0 Å². The Hall–Kier alpha value is -2.21. The minimum Gasteiger partial charge on any atom is -0.494 e. The van der Waals surface area contributed by atoms with Crippen LogP contribution in [0.25, 0.3) is 0 Å². The van der Waals surface area contributed by atoms with Gasteiger partial charge in [-0.15, -0.1) is 0 Å². The highest BCUT2D eigenvalue weighted by molar-refractivity contribution is 5.96. The van der Waals surface area contributed by atoms with Crippen molar-refractivity contribution in [2.75, 3.05) is 31.2 Å². The van der Waals surface area contributed by atoms with E-state index in [-0.39, 0.29) is 0 Å². The lowest BCUT2D eigenvalue weighted by atomic mass is 10.1. The first kappa shape index (κ1) is 13.9. The molecule has 0 aliphatic heterocycles. The van der Waals surface area contributed by atoms with Gasteiger partial charge in [0.05, 0.1) is 12.8 Å². The molecule has 0 bridgehead atoms. The smallest absolute Gasteiger partial charge is 0.248 e. The Kier molecular flexibility index (Phi) is 5.01. The van der Waals surface area contributed by atoms with Gasteiger partial charge >= 0.3 is 0 Å². The van der Waals surface area contributed by atoms with Gasteiger partial charge in [-0.25, -0.2) is 0 Å². The van der Waals surface area contributed by atoms with Gasteiger partial charge in [0, 0.05) is 18.7 Å². The first-order valence-corrected chi connectivity index (χ1v) is 5.46. The summed E-state index contributed by atoms with van der Waals surface area (Å²) in [4.78, 5) is 11.1. The number of primary amides is 1. The minimum atomic E-state index is -0.547. The van der Waals surface area contributed by atoms with Crippen LogP contribution in [0.4, 0.5) is 11.4 Å². The second kappa shape index (κ2) is 6.51. The number of benzene rings is 1. The number of hydrogen-bond donors (Lipinski definition) is 4. The molecule has 0 saturated heterocycles. The molecule has 1 aromatic carbocycles. The van der Waals surface area contributed by atoms with Crippen molar-refractivity contribution in [2.24, 2.45) is 11.5 Å². The van der Waals surface area contributed by atoms with Crippen molar-refractivity contribution < 1.29 is 9.53 Å². The predicted octanol–water partition coefficient (Wildman–Crippen LogP) is 0.303. The van der Waals surface area contributed by atoms with E-state index in [1.807, 2.05) is 12.2 Å². The predicted molar refractivity (Wildman–Crippen MR) is 72.6 cm³/mol. The van der Waals surface area contributed by atoms with Crippen LogP contribution < -0.4 is 27.3 Å². The van der Waals surface area contributed by atoms with Gasteiger partial charge in [0.1, 0.15) is 11.4 Å². The number of nitrogen functional groups attached to an aromatic ring is 1. The second-order valence-corrected chi connectivity index (χ2v) is 3.59. The van der Waals surface area contributed by atoms with E-state index < -0.39 is 5.91 Å². The monoisotopic (exact) mass is 250 g/mol. The first-order chi connectivity index (χ1) is 8.60. The molecular formula is C12H18N4O2. The molecule has 0 atom stereocenters. The third-order valence-electron chi connectivity index (χ3n) is 2.34. The van der Waals surface area contributed by atoms with Crippen LogP contribution in [0.15, 0.2) is 24.3 Å². The van der Waals surface area contributed by atoms with Crippen LogP contribution in [0, 0.1) is 0 Å². The van der Waals surface area contributed by atoms with E-state index >= 15 is 0 Å². The maximum absolute atomic E-state index is 11.1. The molecule has 0 aromatic heterocycles. The van der Waals surface area contributed by atoms with Crippen molar-refractivity contribution in [1.29, 1.82) is 0 Å². The highest BCUT2D eigenvalue weighted by atomic mass is 16.5. The van der Waals surface area contributed by atoms with Crippen LogP contribution in [-0.2, 0) is 0 Å². The number of anilines is 2. The summed E-state index contributed by atoms with van der Waals surface area (Å²) in [5, 5.41) is 3.09. The van der Waals surface area contributed by atoms with Gasteiger partial charge in [-0.1, -0.05) is 12.2 Å². The molecule has 0 unspecified atom stereocenters. The summed E-state index contributed by atoms with van der Waals surface area (Å²) in [6.07, 6.45) is 3.70. The molecular weight excluding hydrogens is 232 g/mol. The number of methoxy groups -OCH3 is 1. The topological polar surface area (TPSA) is 116 Å². The van der Waals surface area contributed by atoms with E-state index in [4.69, 9.17) is 21.9 Å². The van der Waals surface area contributed by atoms with Gasteiger partial charge in [-0.2, -0.15) is 0 Å². The fraction of sp³-hybridized carbons (Fsp3) is 0.250. The highest BCUT2D eigenvalue weighted by Crippen LogP contribution is 2.32. The van der Waals surface area contributed by atoms with E-state index in [2.05, 4.69) is 5.32 Å². The van der Waals surface area contributed by atoms with Gasteiger partial charge in [0.2, 0.25) is 5.91 Å². The van der Waals surface area contributed by atoms with Crippen LogP contribution in [0.1, 0.15) is 10.4 Å². The van der Waals surface area contributed by atoms with Gasteiger partial charge in [-0.3, -0.25) is 4.79 Å². The zero-order valence-electron chi connectivity index (χ0n) is 10.3. The van der Waals surface area contributed by atoms with Crippen LogP contribution in [0.2, 0.25) is 0 Å². The number of amides is 1. The van der Waals surface area contributed by atoms with Gasteiger partial charge in [0.15, 0.2) is 0 Å². The summed E-state index contributed by atoms with van der Waals surface area (Å²) in [6, 6.07) is 3.06. The zero-order valence-corrected chi connectivity index (χ0v) is 10.3. The van der Waals surface area contributed by atoms with Crippen LogP contribution in [-0.4, -0.2) is 26.1 Å². The van der Waals surface area contributed by atoms with Gasteiger partial charge in [-0.05, 0) is 12.1 Å². The van der Waals surface area contributed by atoms with Gasteiger partial charge < -0.3 is 27.3 Å². The van der Waals surface area contributed by atoms with Gasteiger partial charge in [0.25, 0.3) is 0 Å². The number of ether oxygens (including phenoxy) is 1. The average Bonchev–Trinajstić information content (AvgIpc) is 2.35. The second-order valence-electron chi connectivity index (χ2n) is 3.59. The number of carbonyl (C=O) groups excluding carboxylic acids is 1. The van der Waals surface area contributed by atoms with E-state index in [9.17, 15) is 4.79 Å². The molecule has 7 N–H and O–H groups in total. The summed E-state index contributed by atoms with van der Waals surface area (Å²) in [6.45, 7) is 1.04. The molecule has 0 heterocycles. The summed E-state index contributed by atoms with van der Waals surface area (Å²) in [5.41, 5.74) is 17.7. The molecule has 98 valence electrons. The molecule has 0 fully saturated rings. The number of nitrogens with two attached hydrogens (primary N) is 3.